The van der Waals surface area contributed by atoms with E-state index in [4.69, 9.17) is 0 Å². The Hall–Kier alpha value is 1.79. The summed E-state index contributed by atoms with van der Waals surface area (Å²) < 4.78 is 0. The summed E-state index contributed by atoms with van der Waals surface area (Å²) in [6, 6.07) is 0. The van der Waals surface area contributed by atoms with E-state index >= 15 is 0 Å². The van der Waals surface area contributed by atoms with Crippen molar-refractivity contribution in [3.8, 4) is 0 Å². The van der Waals surface area contributed by atoms with Crippen molar-refractivity contribution in [1.82, 2.24) is 0 Å². The zero-order valence-corrected chi connectivity index (χ0v) is 8.34. The van der Waals surface area contributed by atoms with E-state index in [9.17, 15) is 0 Å². The van der Waals surface area contributed by atoms with Crippen LogP contribution in [-0.4, -0.2) is 0 Å². The Morgan fingerprint density at radius 2 is 0.286 bits per heavy atom. The summed E-state index contributed by atoms with van der Waals surface area (Å²) in [5, 5.41) is 0. The van der Waals surface area contributed by atoms with Crippen LogP contribution in [0.1, 0.15) is 0 Å². The molecule has 7 heteroatoms. The number of rotatable bonds is 0. The molecule has 32 valence electrons. The molecule has 0 bridgehead atoms. The van der Waals surface area contributed by atoms with Gasteiger partial charge in [0.2, 0.25) is 0 Å². The van der Waals surface area contributed by atoms with Gasteiger partial charge in [0.05, 0.1) is 0 Å². The van der Waals surface area contributed by atoms with Crippen LogP contribution >= 0.6 is 0 Å². The smallest absolute Gasteiger partial charge is 2.00 e. The Morgan fingerprint density at radius 1 is 0.286 bits per heavy atom. The molecular weight excluding hydrogens is 358 g/mol. The maximum absolute atomic E-state index is 0. The second-order valence-electron chi connectivity index (χ2n) is 0. The summed E-state index contributed by atoms with van der Waals surface area (Å²) in [5.41, 5.74) is 0. The fraction of sp³-hybridized carbons (Fsp3) is 0. The van der Waals surface area contributed by atoms with E-state index in [2.05, 4.69) is 0 Å². The average Bonchev–Trinajstić information content (AvgIpc) is 0. The van der Waals surface area contributed by atoms with Gasteiger partial charge in [-0.25, -0.2) is 0 Å². The maximum atomic E-state index is 0. The summed E-state index contributed by atoms with van der Waals surface area (Å²) in [4.78, 5) is 0. The van der Waals surface area contributed by atoms with E-state index in [0.717, 1.165) is 0 Å². The van der Waals surface area contributed by atoms with Crippen LogP contribution in [0.15, 0.2) is 0 Å². The molecule has 4 nitrogen and oxygen atoms in total. The van der Waals surface area contributed by atoms with Crippen molar-refractivity contribution in [2.24, 2.45) is 0 Å². The molecule has 0 amide bonds. The van der Waals surface area contributed by atoms with Gasteiger partial charge >= 0.3 is 60.3 Å². The third-order valence-corrected chi connectivity index (χ3v) is 0. The molecule has 0 atom stereocenters. The van der Waals surface area contributed by atoms with E-state index < -0.39 is 0 Å². The molecule has 0 unspecified atom stereocenters. The molecule has 0 fully saturated rings. The SMILES string of the molecule is [O-2].[O-2].[O-2].[O-2].[Tc+7].[Tc+7].[Tc+7]. The normalized spacial score (nSPS) is 0. The van der Waals surface area contributed by atoms with Crippen molar-refractivity contribution < 1.29 is 82.2 Å². The van der Waals surface area contributed by atoms with Gasteiger partial charge in [0, 0.05) is 0 Å². The van der Waals surface area contributed by atoms with Crippen LogP contribution in [-0.2, 0) is 82.2 Å². The molecule has 0 saturated carbocycles. The van der Waals surface area contributed by atoms with Gasteiger partial charge in [-0.3, -0.25) is 0 Å². The summed E-state index contributed by atoms with van der Waals surface area (Å²) in [5.74, 6) is 0. The zero-order chi connectivity index (χ0) is 0. The first kappa shape index (κ1) is 167. The molecule has 0 saturated heterocycles. The maximum Gasteiger partial charge on any atom is 7.00 e. The van der Waals surface area contributed by atoms with E-state index in [0.29, 0.717) is 0 Å². The van der Waals surface area contributed by atoms with E-state index in [1.807, 2.05) is 0 Å². The van der Waals surface area contributed by atoms with Crippen molar-refractivity contribution in [3.63, 3.8) is 0 Å². The first-order valence-electron chi connectivity index (χ1n) is 0. The van der Waals surface area contributed by atoms with Gasteiger partial charge in [-0.1, -0.05) is 0 Å². The summed E-state index contributed by atoms with van der Waals surface area (Å²) >= 11 is 0. The Kier molecular flexibility index (Phi) is 2670. The van der Waals surface area contributed by atoms with Crippen LogP contribution in [0.4, 0.5) is 0 Å². The summed E-state index contributed by atoms with van der Waals surface area (Å²) in [6.07, 6.45) is 0. The topological polar surface area (TPSA) is 114 Å². The molecule has 0 aliphatic carbocycles. The van der Waals surface area contributed by atoms with E-state index in [1.165, 1.54) is 0 Å². The molecule has 0 N–H and O–H groups in total. The molecule has 0 spiro atoms. The third kappa shape index (κ3) is 81.6. The molecule has 0 aromatic rings. The van der Waals surface area contributed by atoms with Crippen LogP contribution in [0.5, 0.6) is 0 Å². The van der Waals surface area contributed by atoms with Gasteiger partial charge in [-0.15, -0.1) is 0 Å². The zero-order valence-electron chi connectivity index (χ0n) is 2.77. The van der Waals surface area contributed by atoms with Gasteiger partial charge in [-0.2, -0.15) is 0 Å². The summed E-state index contributed by atoms with van der Waals surface area (Å²) in [6.45, 7) is 0. The quantitative estimate of drug-likeness (QED) is 0.557. The van der Waals surface area contributed by atoms with E-state index in [-0.39, 0.29) is 82.2 Å². The second kappa shape index (κ2) is 112. The molecule has 0 rings (SSSR count). The van der Waals surface area contributed by atoms with Gasteiger partial charge in [-0.05, 0) is 0 Å². The van der Waals surface area contributed by atoms with Crippen LogP contribution in [0.2, 0.25) is 0 Å². The molecule has 0 aromatic heterocycles. The fourth-order valence-corrected chi connectivity index (χ4v) is 0. The largest absolute Gasteiger partial charge is 7.00 e. The van der Waals surface area contributed by atoms with E-state index in [1.54, 1.807) is 0 Å². The predicted molar refractivity (Wildman–Crippen MR) is 2.75 cm³/mol. The fourth-order valence-electron chi connectivity index (χ4n) is 0. The van der Waals surface area contributed by atoms with Gasteiger partial charge < -0.3 is 21.9 Å². The molecule has 7 heavy (non-hydrogen) atoms. The Labute approximate surface area is 81.7 Å². The molecule has 0 aromatic carbocycles. The van der Waals surface area contributed by atoms with Crippen LogP contribution < -0.4 is 0 Å². The monoisotopic (exact) mass is 355 g/mol. The Bertz CT molecular complexity index is 6.90. The third-order valence-electron chi connectivity index (χ3n) is 0. The molecule has 0 heterocycles. The first-order valence-corrected chi connectivity index (χ1v) is 0. The standard InChI is InChI=1S/4O.3Tc/q4*-2;3*+7. The van der Waals surface area contributed by atoms with Gasteiger partial charge in [0.25, 0.3) is 0 Å². The number of hydrogen-bond acceptors (Lipinski definition) is 0. The first-order chi connectivity index (χ1) is 0. The Balaban J connectivity index is 0. The van der Waals surface area contributed by atoms with Crippen LogP contribution in [0, 0.1) is 0 Å². The minimum Gasteiger partial charge on any atom is -2.00 e. The van der Waals surface area contributed by atoms with Crippen molar-refractivity contribution in [1.29, 1.82) is 0 Å². The molecular formula is O4Tc3+13. The molecule has 0 radical (unpaired) electrons. The second-order valence-corrected chi connectivity index (χ2v) is 0. The van der Waals surface area contributed by atoms with Crippen molar-refractivity contribution in [2.75, 3.05) is 0 Å². The molecule has 0 aliphatic rings. The number of hydrogen-bond donors (Lipinski definition) is 0. The van der Waals surface area contributed by atoms with Crippen LogP contribution in [0.25, 0.3) is 0 Å². The van der Waals surface area contributed by atoms with Gasteiger partial charge in [0.15, 0.2) is 0 Å². The van der Waals surface area contributed by atoms with Crippen LogP contribution in [0.3, 0.4) is 0 Å². The minimum atomic E-state index is 0. The van der Waals surface area contributed by atoms with Crippen molar-refractivity contribution >= 4 is 0 Å². The molecule has 0 aliphatic heterocycles. The van der Waals surface area contributed by atoms with Crippen molar-refractivity contribution in [2.45, 2.75) is 0 Å². The summed E-state index contributed by atoms with van der Waals surface area (Å²) in [7, 11) is 0. The van der Waals surface area contributed by atoms with Gasteiger partial charge in [0.1, 0.15) is 0 Å². The average molecular weight is 358 g/mol. The Morgan fingerprint density at radius 3 is 0.286 bits per heavy atom. The predicted octanol–water partition coefficient (Wildman–Crippen LogP) is -0.483. The van der Waals surface area contributed by atoms with Crippen molar-refractivity contribution in [3.05, 3.63) is 0 Å². The minimum absolute atomic E-state index is 0.